The average molecular weight is 1120 g/mol. The molecular formula is C58H54Cl2F6N10O3. The lowest BCUT2D eigenvalue weighted by molar-refractivity contribution is -0.288. The van der Waals surface area contributed by atoms with Gasteiger partial charge in [-0.1, -0.05) is 59.6 Å². The number of carbonyl (C=O) groups excluding carboxylic acids is 3. The molecule has 0 spiro atoms. The fourth-order valence-corrected chi connectivity index (χ4v) is 8.78. The summed E-state index contributed by atoms with van der Waals surface area (Å²) in [4.78, 5) is 40.7. The van der Waals surface area contributed by atoms with Crippen LogP contribution in [0.5, 0.6) is 0 Å². The van der Waals surface area contributed by atoms with Crippen molar-refractivity contribution in [2.24, 2.45) is 0 Å². The highest BCUT2D eigenvalue weighted by Crippen LogP contribution is 2.56. The quantitative estimate of drug-likeness (QED) is 0.0400. The van der Waals surface area contributed by atoms with E-state index in [0.29, 0.717) is 89.7 Å². The van der Waals surface area contributed by atoms with Gasteiger partial charge in [0.05, 0.1) is 44.2 Å². The Morgan fingerprint density at radius 3 is 1.00 bits per heavy atom. The first kappa shape index (κ1) is 59.2. The van der Waals surface area contributed by atoms with Gasteiger partial charge in [-0.3, -0.25) is 14.4 Å². The number of carbonyl (C=O) groups is 3. The van der Waals surface area contributed by atoms with Gasteiger partial charge in [0.25, 0.3) is 0 Å². The molecule has 8 aromatic carbocycles. The first-order chi connectivity index (χ1) is 37.0. The Hall–Kier alpha value is -9.07. The van der Waals surface area contributed by atoms with E-state index in [1.807, 2.05) is 62.3 Å². The molecule has 410 valence electrons. The van der Waals surface area contributed by atoms with Gasteiger partial charge in [-0.25, -0.2) is 0 Å². The highest BCUT2D eigenvalue weighted by atomic mass is 35.5. The first-order valence-electron chi connectivity index (χ1n) is 23.5. The minimum absolute atomic E-state index is 0.00426. The Bertz CT molecular complexity index is 3380. The van der Waals surface area contributed by atoms with Crippen LogP contribution >= 0.6 is 23.2 Å². The van der Waals surface area contributed by atoms with Gasteiger partial charge in [-0.05, 0) is 144 Å². The van der Waals surface area contributed by atoms with E-state index in [1.54, 1.807) is 72.8 Å². The summed E-state index contributed by atoms with van der Waals surface area (Å²) in [6, 6.07) is 38.3. The Kier molecular flexibility index (Phi) is 17.7. The Morgan fingerprint density at radius 1 is 0.392 bits per heavy atom. The van der Waals surface area contributed by atoms with Crippen molar-refractivity contribution in [1.82, 2.24) is 0 Å². The van der Waals surface area contributed by atoms with Crippen LogP contribution in [0.25, 0.3) is 11.1 Å². The summed E-state index contributed by atoms with van der Waals surface area (Å²) in [5, 5.41) is 0.837. The smallest absolute Gasteiger partial charge is 0.399 e. The molecule has 0 aromatic heterocycles. The number of nitrogens with zero attached hydrogens (tertiary/aromatic N) is 2. The summed E-state index contributed by atoms with van der Waals surface area (Å²) in [6.07, 6.45) is -11.3. The summed E-state index contributed by atoms with van der Waals surface area (Å²) in [5.41, 5.74) is 48.9. The zero-order valence-corrected chi connectivity index (χ0v) is 44.3. The standard InChI is InChI=1S/C17H22N4O.C15H12F6N2.C13H10Cl2N2O.C13H10N2O/c1-20(2)15-7-5-11(9-13(15)18)17(22)12-6-8-16(21(3)4)14(19)10-12;16-14(17,18)13(15(19,20)21,9-3-1-5-11(22)7-9)10-4-2-6-12(23)8-10;14-9-3-1-7(5-11(9)16)13(18)8-2-4-10(15)12(17)6-8;14-7-1-3-9-10-4-2-8(15)6-12(10)13(16)11(9)5-7/h5-10H,18-19H2,1-4H3;1-8H,22-23H2;1-6H,16-17H2;1-6H,14-15H2. The topological polar surface area (TPSA) is 266 Å². The number of halogens is 8. The number of benzene rings is 8. The maximum atomic E-state index is 13.7. The van der Waals surface area contributed by atoms with E-state index in [-0.39, 0.29) is 28.7 Å². The molecule has 0 atom stereocenters. The molecular weight excluding hydrogens is 1070 g/mol. The van der Waals surface area contributed by atoms with Crippen LogP contribution in [0.2, 0.25) is 10.0 Å². The van der Waals surface area contributed by atoms with Crippen molar-refractivity contribution in [2.75, 3.05) is 83.9 Å². The molecule has 0 saturated heterocycles. The Morgan fingerprint density at radius 2 is 0.709 bits per heavy atom. The van der Waals surface area contributed by atoms with Gasteiger partial charge in [0.2, 0.25) is 5.41 Å². The molecule has 0 saturated carbocycles. The molecule has 0 heterocycles. The van der Waals surface area contributed by atoms with Gasteiger partial charge < -0.3 is 55.7 Å². The van der Waals surface area contributed by atoms with E-state index in [4.69, 9.17) is 69.1 Å². The molecule has 0 bridgehead atoms. The van der Waals surface area contributed by atoms with Crippen LogP contribution in [-0.2, 0) is 5.41 Å². The highest BCUT2D eigenvalue weighted by molar-refractivity contribution is 6.34. The fraction of sp³-hybridized carbons (Fsp3) is 0.121. The summed E-state index contributed by atoms with van der Waals surface area (Å²) in [5.74, 6) is -0.264. The van der Waals surface area contributed by atoms with Crippen LogP contribution in [0.1, 0.15) is 58.9 Å². The van der Waals surface area contributed by atoms with Crippen molar-refractivity contribution >= 4 is 97.4 Å². The second kappa shape index (κ2) is 23.7. The van der Waals surface area contributed by atoms with Gasteiger partial charge in [0, 0.05) is 84.3 Å². The van der Waals surface area contributed by atoms with Crippen LogP contribution in [0.15, 0.2) is 158 Å². The van der Waals surface area contributed by atoms with Crippen molar-refractivity contribution in [3.05, 3.63) is 212 Å². The van der Waals surface area contributed by atoms with E-state index in [2.05, 4.69) is 0 Å². The number of alkyl halides is 6. The van der Waals surface area contributed by atoms with E-state index < -0.39 is 28.9 Å². The average Bonchev–Trinajstić information content (AvgIpc) is 3.83. The predicted octanol–water partition coefficient (Wildman–Crippen LogP) is 11.9. The van der Waals surface area contributed by atoms with Crippen LogP contribution in [0.4, 0.5) is 83.2 Å². The SMILES string of the molecule is CN(C)c1ccc(C(=O)c2ccc(N(C)C)c(N)c2)cc1N.Nc1cc(C(=O)c2ccc(Cl)c(N)c2)ccc1Cl.Nc1ccc2c(c1)C(=O)c1cc(N)ccc1-2.Nc1cccc(C(c2cccc(N)c2)(C(F)(F)F)C(F)(F)F)c1. The number of nitrogens with two attached hydrogens (primary N) is 8. The summed E-state index contributed by atoms with van der Waals surface area (Å²) in [7, 11) is 7.64. The molecule has 16 N–H and O–H groups in total. The third-order valence-electron chi connectivity index (χ3n) is 12.4. The minimum atomic E-state index is -5.65. The molecule has 0 unspecified atom stereocenters. The molecule has 21 heteroatoms. The molecule has 1 aliphatic rings. The van der Waals surface area contributed by atoms with Gasteiger partial charge in [-0.2, -0.15) is 26.3 Å². The van der Waals surface area contributed by atoms with Crippen LogP contribution < -0.4 is 55.7 Å². The van der Waals surface area contributed by atoms with E-state index >= 15 is 0 Å². The van der Waals surface area contributed by atoms with Crippen molar-refractivity contribution in [2.45, 2.75) is 17.8 Å². The lowest BCUT2D eigenvalue weighted by Gasteiger charge is -2.38. The number of ketones is 3. The molecule has 0 aliphatic heterocycles. The zero-order valence-electron chi connectivity index (χ0n) is 42.8. The number of fused-ring (bicyclic) bond motifs is 3. The Balaban J connectivity index is 0.000000172. The molecule has 0 radical (unpaired) electrons. The maximum Gasteiger partial charge on any atom is 0.411 e. The molecule has 0 amide bonds. The van der Waals surface area contributed by atoms with Gasteiger partial charge >= 0.3 is 12.4 Å². The third-order valence-corrected chi connectivity index (χ3v) is 13.1. The van der Waals surface area contributed by atoms with Crippen molar-refractivity contribution < 1.29 is 40.7 Å². The van der Waals surface area contributed by atoms with Gasteiger partial charge in [0.1, 0.15) is 0 Å². The number of nitrogen functional groups attached to an aromatic ring is 8. The second-order valence-corrected chi connectivity index (χ2v) is 19.2. The zero-order chi connectivity index (χ0) is 58.5. The van der Waals surface area contributed by atoms with Crippen molar-refractivity contribution in [3.63, 3.8) is 0 Å². The van der Waals surface area contributed by atoms with Crippen LogP contribution in [0, 0.1) is 0 Å². The predicted molar refractivity (Wildman–Crippen MR) is 308 cm³/mol. The maximum absolute atomic E-state index is 13.7. The van der Waals surface area contributed by atoms with E-state index in [1.165, 1.54) is 24.3 Å². The monoisotopic (exact) mass is 1120 g/mol. The lowest BCUT2D eigenvalue weighted by Crippen LogP contribution is -2.54. The largest absolute Gasteiger partial charge is 0.411 e. The number of rotatable bonds is 8. The summed E-state index contributed by atoms with van der Waals surface area (Å²) in [6.45, 7) is 0. The van der Waals surface area contributed by atoms with Gasteiger partial charge in [-0.15, -0.1) is 0 Å². The van der Waals surface area contributed by atoms with Crippen LogP contribution in [-0.4, -0.2) is 57.9 Å². The van der Waals surface area contributed by atoms with Gasteiger partial charge in [0.15, 0.2) is 17.3 Å². The first-order valence-corrected chi connectivity index (χ1v) is 24.2. The van der Waals surface area contributed by atoms with Crippen molar-refractivity contribution in [3.8, 4) is 11.1 Å². The number of hydrogen-bond acceptors (Lipinski definition) is 13. The molecule has 13 nitrogen and oxygen atoms in total. The number of anilines is 10. The lowest BCUT2D eigenvalue weighted by atomic mass is 9.72. The Labute approximate surface area is 461 Å². The molecule has 0 fully saturated rings. The van der Waals surface area contributed by atoms with E-state index in [9.17, 15) is 40.7 Å². The second-order valence-electron chi connectivity index (χ2n) is 18.4. The normalized spacial score (nSPS) is 11.6. The van der Waals surface area contributed by atoms with Crippen LogP contribution in [0.3, 0.4) is 0 Å². The molecule has 1 aliphatic carbocycles. The molecule has 8 aromatic rings. The summed E-state index contributed by atoms with van der Waals surface area (Å²) < 4.78 is 82.2. The molecule has 79 heavy (non-hydrogen) atoms. The van der Waals surface area contributed by atoms with E-state index in [0.717, 1.165) is 46.8 Å². The highest BCUT2D eigenvalue weighted by Gasteiger charge is 2.72. The minimum Gasteiger partial charge on any atom is -0.399 e. The molecule has 9 rings (SSSR count). The summed E-state index contributed by atoms with van der Waals surface area (Å²) >= 11 is 11.6. The fourth-order valence-electron chi connectivity index (χ4n) is 8.55. The number of hydrogen-bond donors (Lipinski definition) is 8. The third kappa shape index (κ3) is 12.9. The van der Waals surface area contributed by atoms with Crippen molar-refractivity contribution in [1.29, 1.82) is 0 Å².